The fourth-order valence-electron chi connectivity index (χ4n) is 2.41. The van der Waals surface area contributed by atoms with Gasteiger partial charge in [-0.3, -0.25) is 9.20 Å². The maximum absolute atomic E-state index is 12.3. The van der Waals surface area contributed by atoms with E-state index in [0.29, 0.717) is 18.0 Å². The molecule has 5 nitrogen and oxygen atoms in total. The molecule has 3 rings (SSSR count). The Kier molecular flexibility index (Phi) is 4.73. The van der Waals surface area contributed by atoms with E-state index >= 15 is 0 Å². The average molecular weight is 329 g/mol. The minimum atomic E-state index is -0.0460. The number of hydrogen-bond donors (Lipinski definition) is 1. The van der Waals surface area contributed by atoms with Crippen LogP contribution in [0.2, 0.25) is 0 Å². The topological polar surface area (TPSA) is 55.6 Å². The number of carbonyl (C=O) groups is 1. The van der Waals surface area contributed by atoms with Gasteiger partial charge in [0.1, 0.15) is 4.88 Å². The Morgan fingerprint density at radius 1 is 1.35 bits per heavy atom. The van der Waals surface area contributed by atoms with E-state index in [2.05, 4.69) is 10.3 Å². The number of nitrogens with zero attached hydrogens (tertiary/aromatic N) is 2. The Hall–Kier alpha value is -2.18. The molecular weight excluding hydrogens is 310 g/mol. The van der Waals surface area contributed by atoms with Gasteiger partial charge in [0, 0.05) is 37.7 Å². The second-order valence-corrected chi connectivity index (χ2v) is 6.24. The number of ether oxygens (including phenoxy) is 1. The van der Waals surface area contributed by atoms with Crippen molar-refractivity contribution < 1.29 is 9.53 Å². The van der Waals surface area contributed by atoms with Gasteiger partial charge < -0.3 is 10.1 Å². The molecule has 120 valence electrons. The molecule has 0 fully saturated rings. The summed E-state index contributed by atoms with van der Waals surface area (Å²) in [6.45, 7) is 3.21. The van der Waals surface area contributed by atoms with Crippen molar-refractivity contribution in [3.63, 3.8) is 0 Å². The molecular formula is C17H19N3O2S. The number of fused-ring (bicyclic) bond motifs is 1. The van der Waals surface area contributed by atoms with Crippen molar-refractivity contribution in [3.05, 3.63) is 47.1 Å². The van der Waals surface area contributed by atoms with Gasteiger partial charge in [-0.2, -0.15) is 0 Å². The monoisotopic (exact) mass is 329 g/mol. The highest BCUT2D eigenvalue weighted by atomic mass is 32.1. The molecule has 0 saturated carbocycles. The summed E-state index contributed by atoms with van der Waals surface area (Å²) in [7, 11) is 1.66. The number of rotatable bonds is 6. The zero-order valence-electron chi connectivity index (χ0n) is 13.2. The zero-order valence-corrected chi connectivity index (χ0v) is 14.0. The van der Waals surface area contributed by atoms with Gasteiger partial charge in [-0.25, -0.2) is 4.98 Å². The molecule has 0 saturated heterocycles. The van der Waals surface area contributed by atoms with Crippen molar-refractivity contribution in [1.82, 2.24) is 14.7 Å². The van der Waals surface area contributed by atoms with Gasteiger partial charge in [0.2, 0.25) is 0 Å². The number of aryl methyl sites for hydroxylation is 1. The summed E-state index contributed by atoms with van der Waals surface area (Å²) < 4.78 is 6.96. The van der Waals surface area contributed by atoms with Crippen LogP contribution in [-0.2, 0) is 4.74 Å². The van der Waals surface area contributed by atoms with Crippen molar-refractivity contribution in [1.29, 1.82) is 0 Å². The molecule has 23 heavy (non-hydrogen) atoms. The number of hydrogen-bond acceptors (Lipinski definition) is 4. The molecule has 3 aromatic rings. The van der Waals surface area contributed by atoms with E-state index < -0.39 is 0 Å². The summed E-state index contributed by atoms with van der Waals surface area (Å²) in [6.07, 6.45) is 2.79. The zero-order chi connectivity index (χ0) is 16.2. The Balaban J connectivity index is 1.80. The van der Waals surface area contributed by atoms with Gasteiger partial charge in [-0.15, -0.1) is 0 Å². The number of methoxy groups -OCH3 is 1. The third kappa shape index (κ3) is 3.28. The van der Waals surface area contributed by atoms with Crippen LogP contribution >= 0.6 is 11.3 Å². The Morgan fingerprint density at radius 3 is 2.83 bits per heavy atom. The summed E-state index contributed by atoms with van der Waals surface area (Å²) in [5.74, 6) is -0.0460. The first-order chi connectivity index (χ1) is 11.2. The minimum absolute atomic E-state index is 0.0460. The molecule has 0 aliphatic carbocycles. The van der Waals surface area contributed by atoms with E-state index in [1.807, 2.05) is 47.9 Å². The molecule has 0 aliphatic rings. The number of imidazole rings is 1. The average Bonchev–Trinajstić information content (AvgIpc) is 3.12. The number of carbonyl (C=O) groups excluding carboxylic acids is 1. The molecule has 0 unspecified atom stereocenters. The number of thiazole rings is 1. The fourth-order valence-corrected chi connectivity index (χ4v) is 3.43. The van der Waals surface area contributed by atoms with Crippen molar-refractivity contribution in [2.75, 3.05) is 20.3 Å². The third-order valence-electron chi connectivity index (χ3n) is 3.64. The quantitative estimate of drug-likeness (QED) is 0.707. The highest BCUT2D eigenvalue weighted by Gasteiger charge is 2.17. The van der Waals surface area contributed by atoms with E-state index in [1.54, 1.807) is 7.11 Å². The number of benzene rings is 1. The smallest absolute Gasteiger partial charge is 0.263 e. The van der Waals surface area contributed by atoms with Crippen LogP contribution in [0.15, 0.2) is 36.5 Å². The first kappa shape index (κ1) is 15.7. The predicted molar refractivity (Wildman–Crippen MR) is 92.1 cm³/mol. The predicted octanol–water partition coefficient (Wildman–Crippen LogP) is 3.14. The summed E-state index contributed by atoms with van der Waals surface area (Å²) >= 11 is 1.42. The number of aromatic nitrogens is 2. The maximum atomic E-state index is 12.3. The number of amides is 1. The van der Waals surface area contributed by atoms with Crippen LogP contribution < -0.4 is 5.32 Å². The SMILES string of the molecule is COCCCNC(=O)c1sc2nc(-c3ccccc3)cn2c1C. The lowest BCUT2D eigenvalue weighted by molar-refractivity contribution is 0.0951. The highest BCUT2D eigenvalue weighted by Crippen LogP contribution is 2.26. The van der Waals surface area contributed by atoms with Gasteiger partial charge in [-0.1, -0.05) is 41.7 Å². The molecule has 1 N–H and O–H groups in total. The molecule has 0 bridgehead atoms. The van der Waals surface area contributed by atoms with Crippen molar-refractivity contribution in [3.8, 4) is 11.3 Å². The van der Waals surface area contributed by atoms with Gasteiger partial charge in [0.25, 0.3) is 5.91 Å². The molecule has 1 aromatic carbocycles. The van der Waals surface area contributed by atoms with Crippen LogP contribution in [0.3, 0.4) is 0 Å². The second-order valence-electron chi connectivity index (χ2n) is 5.26. The molecule has 1 amide bonds. The van der Waals surface area contributed by atoms with Crippen molar-refractivity contribution in [2.45, 2.75) is 13.3 Å². The van der Waals surface area contributed by atoms with Crippen LogP contribution in [0, 0.1) is 6.92 Å². The van der Waals surface area contributed by atoms with Crippen LogP contribution in [0.4, 0.5) is 0 Å². The summed E-state index contributed by atoms with van der Waals surface area (Å²) in [5.41, 5.74) is 2.92. The lowest BCUT2D eigenvalue weighted by Gasteiger charge is -2.03. The summed E-state index contributed by atoms with van der Waals surface area (Å²) in [5, 5.41) is 2.92. The minimum Gasteiger partial charge on any atom is -0.385 e. The standard InChI is InChI=1S/C17H19N3O2S/c1-12-15(16(21)18-9-6-10-22-2)23-17-19-14(11-20(12)17)13-7-4-3-5-8-13/h3-5,7-8,11H,6,9-10H2,1-2H3,(H,18,21). The van der Waals surface area contributed by atoms with Crippen LogP contribution in [-0.4, -0.2) is 35.6 Å². The highest BCUT2D eigenvalue weighted by molar-refractivity contribution is 7.19. The Morgan fingerprint density at radius 2 is 2.13 bits per heavy atom. The first-order valence-corrected chi connectivity index (χ1v) is 8.33. The summed E-state index contributed by atoms with van der Waals surface area (Å²) in [4.78, 5) is 18.5. The molecule has 0 aliphatic heterocycles. The van der Waals surface area contributed by atoms with Crippen LogP contribution in [0.25, 0.3) is 16.2 Å². The van der Waals surface area contributed by atoms with Crippen LogP contribution in [0.5, 0.6) is 0 Å². The van der Waals surface area contributed by atoms with Gasteiger partial charge in [-0.05, 0) is 13.3 Å². The van der Waals surface area contributed by atoms with E-state index in [0.717, 1.165) is 28.3 Å². The maximum Gasteiger partial charge on any atom is 0.263 e. The van der Waals surface area contributed by atoms with E-state index in [4.69, 9.17) is 4.74 Å². The lowest BCUT2D eigenvalue weighted by Crippen LogP contribution is -2.25. The van der Waals surface area contributed by atoms with Crippen molar-refractivity contribution >= 4 is 22.2 Å². The van der Waals surface area contributed by atoms with Gasteiger partial charge in [0.15, 0.2) is 4.96 Å². The Labute approximate surface area is 138 Å². The Bertz CT molecular complexity index is 808. The van der Waals surface area contributed by atoms with E-state index in [9.17, 15) is 4.79 Å². The van der Waals surface area contributed by atoms with E-state index in [1.165, 1.54) is 11.3 Å². The second kappa shape index (κ2) is 6.93. The first-order valence-electron chi connectivity index (χ1n) is 7.51. The fraction of sp³-hybridized carbons (Fsp3) is 0.294. The molecule has 6 heteroatoms. The van der Waals surface area contributed by atoms with Gasteiger partial charge in [0.05, 0.1) is 5.69 Å². The molecule has 0 spiro atoms. The normalized spacial score (nSPS) is 11.0. The lowest BCUT2D eigenvalue weighted by atomic mass is 10.2. The molecule has 0 radical (unpaired) electrons. The molecule has 0 atom stereocenters. The van der Waals surface area contributed by atoms with Crippen molar-refractivity contribution in [2.24, 2.45) is 0 Å². The summed E-state index contributed by atoms with van der Waals surface area (Å²) in [6, 6.07) is 10.0. The van der Waals surface area contributed by atoms with Gasteiger partial charge >= 0.3 is 0 Å². The third-order valence-corrected chi connectivity index (χ3v) is 4.80. The van der Waals surface area contributed by atoms with Crippen LogP contribution in [0.1, 0.15) is 21.8 Å². The molecule has 2 aromatic heterocycles. The van der Waals surface area contributed by atoms with E-state index in [-0.39, 0.29) is 5.91 Å². The molecule has 2 heterocycles. The largest absolute Gasteiger partial charge is 0.385 e. The number of nitrogens with one attached hydrogen (secondary N) is 1.